The molecule has 0 aliphatic carbocycles. The van der Waals surface area contributed by atoms with Crippen molar-refractivity contribution in [2.24, 2.45) is 0 Å². The average Bonchev–Trinajstić information content (AvgIpc) is 2.61. The zero-order chi connectivity index (χ0) is 18.7. The molecule has 0 saturated heterocycles. The average molecular weight is 368 g/mol. The molecule has 1 unspecified atom stereocenters. The Morgan fingerprint density at radius 1 is 0.923 bits per heavy atom. The molecule has 0 saturated carbocycles. The molecule has 3 rings (SSSR count). The van der Waals surface area contributed by atoms with Gasteiger partial charge >= 0.3 is 0 Å². The summed E-state index contributed by atoms with van der Waals surface area (Å²) in [5, 5.41) is 4.88. The number of fused-ring (bicyclic) bond motifs is 1. The summed E-state index contributed by atoms with van der Waals surface area (Å²) in [6, 6.07) is 21.1. The van der Waals surface area contributed by atoms with Crippen molar-refractivity contribution in [3.8, 4) is 0 Å². The molecule has 1 atom stereocenters. The van der Waals surface area contributed by atoms with Gasteiger partial charge in [-0.05, 0) is 42.0 Å². The van der Waals surface area contributed by atoms with Gasteiger partial charge in [0.15, 0.2) is 0 Å². The molecule has 3 aromatic rings. The van der Waals surface area contributed by atoms with Crippen molar-refractivity contribution < 1.29 is 13.2 Å². The minimum absolute atomic E-state index is 0.394. The summed E-state index contributed by atoms with van der Waals surface area (Å²) in [5.74, 6) is -0.394. The normalized spacial score (nSPS) is 12.5. The smallest absolute Gasteiger partial charge is 0.247 e. The van der Waals surface area contributed by atoms with Gasteiger partial charge in [0, 0.05) is 5.69 Å². The maximum absolute atomic E-state index is 12.7. The van der Waals surface area contributed by atoms with Gasteiger partial charge in [0.1, 0.15) is 6.04 Å². The van der Waals surface area contributed by atoms with Gasteiger partial charge in [-0.25, -0.2) is 8.42 Å². The fraction of sp³-hybridized carbons (Fsp3) is 0.150. The van der Waals surface area contributed by atoms with Crippen molar-refractivity contribution in [3.63, 3.8) is 0 Å². The molecule has 3 aromatic carbocycles. The number of rotatable bonds is 5. The Morgan fingerprint density at radius 3 is 2.19 bits per heavy atom. The summed E-state index contributed by atoms with van der Waals surface area (Å²) < 4.78 is 25.6. The monoisotopic (exact) mass is 368 g/mol. The minimum atomic E-state index is -3.62. The first-order valence-electron chi connectivity index (χ1n) is 8.20. The van der Waals surface area contributed by atoms with E-state index in [1.165, 1.54) is 0 Å². The lowest BCUT2D eigenvalue weighted by Gasteiger charge is -2.28. The van der Waals surface area contributed by atoms with Gasteiger partial charge in [-0.2, -0.15) is 0 Å². The van der Waals surface area contributed by atoms with E-state index in [4.69, 9.17) is 0 Å². The van der Waals surface area contributed by atoms with E-state index in [1.807, 2.05) is 36.4 Å². The third kappa shape index (κ3) is 3.86. The number of hydrogen-bond donors (Lipinski definition) is 1. The summed E-state index contributed by atoms with van der Waals surface area (Å²) >= 11 is 0. The Morgan fingerprint density at radius 2 is 1.54 bits per heavy atom. The SMILES string of the molecule is CC(C(=O)Nc1ccc2ccccc2c1)N(c1ccccc1)S(C)(=O)=O. The van der Waals surface area contributed by atoms with Gasteiger partial charge in [0.2, 0.25) is 15.9 Å². The molecule has 0 aromatic heterocycles. The van der Waals surface area contributed by atoms with Crippen LogP contribution in [0.2, 0.25) is 0 Å². The van der Waals surface area contributed by atoms with Crippen LogP contribution >= 0.6 is 0 Å². The molecular weight excluding hydrogens is 348 g/mol. The summed E-state index contributed by atoms with van der Waals surface area (Å²) in [4.78, 5) is 12.7. The Kier molecular flexibility index (Phi) is 4.95. The van der Waals surface area contributed by atoms with E-state index in [0.717, 1.165) is 21.3 Å². The molecule has 6 heteroatoms. The summed E-state index contributed by atoms with van der Waals surface area (Å²) in [7, 11) is -3.62. The highest BCUT2D eigenvalue weighted by molar-refractivity contribution is 7.92. The first kappa shape index (κ1) is 17.9. The van der Waals surface area contributed by atoms with Crippen molar-refractivity contribution in [3.05, 3.63) is 72.8 Å². The third-order valence-corrected chi connectivity index (χ3v) is 5.36. The molecular formula is C20H20N2O3S. The minimum Gasteiger partial charge on any atom is -0.324 e. The highest BCUT2D eigenvalue weighted by atomic mass is 32.2. The Labute approximate surface area is 153 Å². The number of nitrogens with zero attached hydrogens (tertiary/aromatic N) is 1. The van der Waals surface area contributed by atoms with Crippen LogP contribution in [-0.4, -0.2) is 26.6 Å². The standard InChI is InChI=1S/C20H20N2O3S/c1-15(22(26(2,24)25)19-10-4-3-5-11-19)20(23)21-18-13-12-16-8-6-7-9-17(16)14-18/h3-15H,1-2H3,(H,21,23). The first-order chi connectivity index (χ1) is 12.4. The topological polar surface area (TPSA) is 66.5 Å². The van der Waals surface area contributed by atoms with Gasteiger partial charge in [0.05, 0.1) is 11.9 Å². The molecule has 1 amide bonds. The number of carbonyl (C=O) groups is 1. The van der Waals surface area contributed by atoms with Crippen molar-refractivity contribution in [2.75, 3.05) is 15.9 Å². The number of para-hydroxylation sites is 1. The number of benzene rings is 3. The van der Waals surface area contributed by atoms with Gasteiger partial charge in [-0.3, -0.25) is 9.10 Å². The fourth-order valence-corrected chi connectivity index (χ4v) is 4.07. The lowest BCUT2D eigenvalue weighted by molar-refractivity contribution is -0.116. The van der Waals surface area contributed by atoms with E-state index in [-0.39, 0.29) is 0 Å². The lowest BCUT2D eigenvalue weighted by atomic mass is 10.1. The molecule has 0 aliphatic heterocycles. The quantitative estimate of drug-likeness (QED) is 0.748. The van der Waals surface area contributed by atoms with Crippen LogP contribution < -0.4 is 9.62 Å². The second-order valence-corrected chi connectivity index (χ2v) is 7.98. The Balaban J connectivity index is 1.87. The molecule has 0 bridgehead atoms. The van der Waals surface area contributed by atoms with Gasteiger partial charge in [-0.15, -0.1) is 0 Å². The van der Waals surface area contributed by atoms with E-state index >= 15 is 0 Å². The highest BCUT2D eigenvalue weighted by Gasteiger charge is 2.29. The van der Waals surface area contributed by atoms with Crippen molar-refractivity contribution in [1.29, 1.82) is 0 Å². The molecule has 0 radical (unpaired) electrons. The largest absolute Gasteiger partial charge is 0.324 e. The number of nitrogens with one attached hydrogen (secondary N) is 1. The van der Waals surface area contributed by atoms with Crippen LogP contribution in [0.5, 0.6) is 0 Å². The zero-order valence-corrected chi connectivity index (χ0v) is 15.4. The van der Waals surface area contributed by atoms with Crippen molar-refractivity contribution >= 4 is 38.1 Å². The van der Waals surface area contributed by atoms with Crippen LogP contribution in [0, 0.1) is 0 Å². The Hall–Kier alpha value is -2.86. The molecule has 134 valence electrons. The maximum Gasteiger partial charge on any atom is 0.247 e. The first-order valence-corrected chi connectivity index (χ1v) is 10.1. The van der Waals surface area contributed by atoms with Gasteiger partial charge < -0.3 is 5.32 Å². The maximum atomic E-state index is 12.7. The zero-order valence-electron chi connectivity index (χ0n) is 14.6. The van der Waals surface area contributed by atoms with Crippen molar-refractivity contribution in [2.45, 2.75) is 13.0 Å². The van der Waals surface area contributed by atoms with Crippen LogP contribution in [0.3, 0.4) is 0 Å². The molecule has 1 N–H and O–H groups in total. The number of anilines is 2. The van der Waals surface area contributed by atoms with E-state index in [1.54, 1.807) is 43.3 Å². The van der Waals surface area contributed by atoms with Crippen LogP contribution in [0.1, 0.15) is 6.92 Å². The second-order valence-electron chi connectivity index (χ2n) is 6.12. The summed E-state index contributed by atoms with van der Waals surface area (Å²) in [6.07, 6.45) is 1.10. The second kappa shape index (κ2) is 7.17. The number of hydrogen-bond acceptors (Lipinski definition) is 3. The summed E-state index contributed by atoms with van der Waals surface area (Å²) in [6.45, 7) is 1.57. The van der Waals surface area contributed by atoms with E-state index < -0.39 is 22.0 Å². The van der Waals surface area contributed by atoms with E-state index in [2.05, 4.69) is 5.32 Å². The molecule has 0 spiro atoms. The highest BCUT2D eigenvalue weighted by Crippen LogP contribution is 2.22. The third-order valence-electron chi connectivity index (χ3n) is 4.12. The van der Waals surface area contributed by atoms with Gasteiger partial charge in [-0.1, -0.05) is 48.5 Å². The van der Waals surface area contributed by atoms with Gasteiger partial charge in [0.25, 0.3) is 0 Å². The van der Waals surface area contributed by atoms with Crippen LogP contribution in [0.4, 0.5) is 11.4 Å². The lowest BCUT2D eigenvalue weighted by Crippen LogP contribution is -2.45. The molecule has 0 heterocycles. The predicted molar refractivity (Wildman–Crippen MR) is 106 cm³/mol. The fourth-order valence-electron chi connectivity index (χ4n) is 2.90. The van der Waals surface area contributed by atoms with Crippen LogP contribution in [0.25, 0.3) is 10.8 Å². The van der Waals surface area contributed by atoms with E-state index in [0.29, 0.717) is 11.4 Å². The number of sulfonamides is 1. The van der Waals surface area contributed by atoms with Crippen molar-refractivity contribution in [1.82, 2.24) is 0 Å². The van der Waals surface area contributed by atoms with Crippen LogP contribution in [-0.2, 0) is 14.8 Å². The molecule has 0 aliphatic rings. The number of amides is 1. The number of carbonyl (C=O) groups excluding carboxylic acids is 1. The Bertz CT molecular complexity index is 1030. The molecule has 0 fully saturated rings. The van der Waals surface area contributed by atoms with E-state index in [9.17, 15) is 13.2 Å². The molecule has 26 heavy (non-hydrogen) atoms. The predicted octanol–water partition coefficient (Wildman–Crippen LogP) is 3.63. The molecule has 5 nitrogen and oxygen atoms in total. The van der Waals surface area contributed by atoms with Crippen LogP contribution in [0.15, 0.2) is 72.8 Å². The summed E-state index contributed by atoms with van der Waals surface area (Å²) in [5.41, 5.74) is 1.08.